The van der Waals surface area contributed by atoms with Crippen molar-refractivity contribution in [3.63, 3.8) is 0 Å². The molecule has 6 heteroatoms. The molecule has 0 rings (SSSR count). The van der Waals surface area contributed by atoms with Crippen molar-refractivity contribution in [2.75, 3.05) is 6.54 Å². The highest BCUT2D eigenvalue weighted by molar-refractivity contribution is 5.70. The zero-order valence-electron chi connectivity index (χ0n) is 13.3. The third kappa shape index (κ3) is 11.8. The molecule has 0 heterocycles. The number of aliphatic hydroxyl groups is 1. The van der Waals surface area contributed by atoms with Gasteiger partial charge < -0.3 is 19.9 Å². The zero-order chi connectivity index (χ0) is 16.0. The standard InChI is InChI=1S/C14H27NO5/c1-13(2,3)19-11(17)8-7-10(16)9-15-12(18)20-14(4,5)6/h10,16H,7-9H2,1-6H3,(H,15,18). The van der Waals surface area contributed by atoms with Crippen molar-refractivity contribution in [1.29, 1.82) is 0 Å². The van der Waals surface area contributed by atoms with Gasteiger partial charge in [-0.2, -0.15) is 0 Å². The van der Waals surface area contributed by atoms with Gasteiger partial charge in [-0.15, -0.1) is 0 Å². The van der Waals surface area contributed by atoms with E-state index in [0.29, 0.717) is 0 Å². The highest BCUT2D eigenvalue weighted by Gasteiger charge is 2.19. The van der Waals surface area contributed by atoms with Crippen molar-refractivity contribution in [1.82, 2.24) is 5.32 Å². The zero-order valence-corrected chi connectivity index (χ0v) is 13.3. The van der Waals surface area contributed by atoms with Crippen molar-refractivity contribution >= 4 is 12.1 Å². The fourth-order valence-electron chi connectivity index (χ4n) is 1.29. The van der Waals surface area contributed by atoms with Crippen LogP contribution < -0.4 is 5.32 Å². The number of aliphatic hydroxyl groups excluding tert-OH is 1. The van der Waals surface area contributed by atoms with Gasteiger partial charge >= 0.3 is 12.1 Å². The second kappa shape index (κ2) is 7.47. The van der Waals surface area contributed by atoms with Crippen LogP contribution in [0, 0.1) is 0 Å². The lowest BCUT2D eigenvalue weighted by atomic mass is 10.1. The Labute approximate surface area is 120 Å². The molecule has 0 aromatic carbocycles. The molecule has 118 valence electrons. The minimum Gasteiger partial charge on any atom is -0.460 e. The van der Waals surface area contributed by atoms with Crippen LogP contribution in [0.15, 0.2) is 0 Å². The van der Waals surface area contributed by atoms with Crippen LogP contribution in [-0.4, -0.2) is 41.0 Å². The molecular weight excluding hydrogens is 262 g/mol. The third-order valence-electron chi connectivity index (χ3n) is 1.98. The molecule has 0 aromatic heterocycles. The molecular formula is C14H27NO5. The highest BCUT2D eigenvalue weighted by Crippen LogP contribution is 2.10. The Morgan fingerprint density at radius 1 is 1.05 bits per heavy atom. The number of nitrogens with one attached hydrogen (secondary N) is 1. The van der Waals surface area contributed by atoms with E-state index in [1.165, 1.54) is 0 Å². The lowest BCUT2D eigenvalue weighted by Crippen LogP contribution is -2.37. The average Bonchev–Trinajstić information content (AvgIpc) is 2.18. The van der Waals surface area contributed by atoms with E-state index in [-0.39, 0.29) is 25.4 Å². The van der Waals surface area contributed by atoms with Crippen molar-refractivity contribution in [3.05, 3.63) is 0 Å². The molecule has 0 aromatic rings. The summed E-state index contributed by atoms with van der Waals surface area (Å²) in [5.41, 5.74) is -1.11. The molecule has 20 heavy (non-hydrogen) atoms. The van der Waals surface area contributed by atoms with Gasteiger partial charge in [0, 0.05) is 13.0 Å². The molecule has 1 atom stereocenters. The molecule has 1 unspecified atom stereocenters. The molecule has 0 saturated heterocycles. The van der Waals surface area contributed by atoms with E-state index in [1.807, 2.05) is 0 Å². The molecule has 0 spiro atoms. The van der Waals surface area contributed by atoms with E-state index in [2.05, 4.69) is 5.32 Å². The Morgan fingerprint density at radius 3 is 2.00 bits per heavy atom. The molecule has 0 saturated carbocycles. The highest BCUT2D eigenvalue weighted by atomic mass is 16.6. The Hall–Kier alpha value is -1.30. The number of carbonyl (C=O) groups is 2. The first-order valence-corrected chi connectivity index (χ1v) is 6.76. The summed E-state index contributed by atoms with van der Waals surface area (Å²) >= 11 is 0. The van der Waals surface area contributed by atoms with Gasteiger partial charge in [0.05, 0.1) is 6.10 Å². The summed E-state index contributed by atoms with van der Waals surface area (Å²) in [4.78, 5) is 22.8. The van der Waals surface area contributed by atoms with E-state index in [4.69, 9.17) is 9.47 Å². The Kier molecular flexibility index (Phi) is 6.99. The van der Waals surface area contributed by atoms with Crippen LogP contribution in [0.3, 0.4) is 0 Å². The number of rotatable bonds is 5. The lowest BCUT2D eigenvalue weighted by Gasteiger charge is -2.21. The topological polar surface area (TPSA) is 84.9 Å². The van der Waals surface area contributed by atoms with Crippen LogP contribution in [0.1, 0.15) is 54.4 Å². The Bertz CT molecular complexity index is 295. The maximum Gasteiger partial charge on any atom is 0.407 e. The van der Waals surface area contributed by atoms with Gasteiger partial charge in [-0.1, -0.05) is 0 Å². The summed E-state index contributed by atoms with van der Waals surface area (Å²) in [6.45, 7) is 10.7. The molecule has 0 aliphatic heterocycles. The number of amides is 1. The molecule has 1 amide bonds. The Morgan fingerprint density at radius 2 is 1.55 bits per heavy atom. The molecule has 0 radical (unpaired) electrons. The molecule has 0 fully saturated rings. The van der Waals surface area contributed by atoms with E-state index in [0.717, 1.165) is 0 Å². The van der Waals surface area contributed by atoms with Crippen molar-refractivity contribution in [2.24, 2.45) is 0 Å². The van der Waals surface area contributed by atoms with Crippen LogP contribution >= 0.6 is 0 Å². The minimum atomic E-state index is -0.810. The SMILES string of the molecule is CC(C)(C)OC(=O)CCC(O)CNC(=O)OC(C)(C)C. The molecule has 0 aliphatic carbocycles. The van der Waals surface area contributed by atoms with E-state index >= 15 is 0 Å². The number of esters is 1. The fraction of sp³-hybridized carbons (Fsp3) is 0.857. The van der Waals surface area contributed by atoms with Gasteiger partial charge in [0.2, 0.25) is 0 Å². The normalized spacial score (nSPS) is 13.6. The van der Waals surface area contributed by atoms with Crippen molar-refractivity contribution < 1.29 is 24.2 Å². The summed E-state index contributed by atoms with van der Waals surface area (Å²) in [6.07, 6.45) is -1.07. The predicted octanol–water partition coefficient (Wildman–Crippen LogP) is 1.99. The quantitative estimate of drug-likeness (QED) is 0.756. The maximum absolute atomic E-state index is 11.4. The average molecular weight is 289 g/mol. The monoisotopic (exact) mass is 289 g/mol. The smallest absolute Gasteiger partial charge is 0.407 e. The summed E-state index contributed by atoms with van der Waals surface area (Å²) < 4.78 is 10.1. The van der Waals surface area contributed by atoms with Gasteiger partial charge in [0.1, 0.15) is 11.2 Å². The van der Waals surface area contributed by atoms with Gasteiger partial charge in [-0.05, 0) is 48.0 Å². The van der Waals surface area contributed by atoms with Crippen LogP contribution in [0.25, 0.3) is 0 Å². The number of alkyl carbamates (subject to hydrolysis) is 1. The number of hydrogen-bond donors (Lipinski definition) is 2. The van der Waals surface area contributed by atoms with Gasteiger partial charge in [-0.25, -0.2) is 4.79 Å². The van der Waals surface area contributed by atoms with Crippen LogP contribution in [-0.2, 0) is 14.3 Å². The first kappa shape index (κ1) is 18.7. The van der Waals surface area contributed by atoms with Crippen LogP contribution in [0.5, 0.6) is 0 Å². The van der Waals surface area contributed by atoms with Gasteiger partial charge in [-0.3, -0.25) is 4.79 Å². The summed E-state index contributed by atoms with van der Waals surface area (Å²) in [6, 6.07) is 0. The van der Waals surface area contributed by atoms with E-state index in [9.17, 15) is 14.7 Å². The number of carbonyl (C=O) groups excluding carboxylic acids is 2. The van der Waals surface area contributed by atoms with Crippen molar-refractivity contribution in [3.8, 4) is 0 Å². The third-order valence-corrected chi connectivity index (χ3v) is 1.98. The fourth-order valence-corrected chi connectivity index (χ4v) is 1.29. The molecule has 2 N–H and O–H groups in total. The second-order valence-corrected chi connectivity index (χ2v) is 6.66. The second-order valence-electron chi connectivity index (χ2n) is 6.66. The van der Waals surface area contributed by atoms with Crippen LogP contribution in [0.2, 0.25) is 0 Å². The first-order chi connectivity index (χ1) is 8.89. The number of hydrogen-bond acceptors (Lipinski definition) is 5. The number of ether oxygens (including phenoxy) is 2. The lowest BCUT2D eigenvalue weighted by molar-refractivity contribution is -0.155. The van der Waals surface area contributed by atoms with Gasteiger partial charge in [0.15, 0.2) is 0 Å². The Balaban J connectivity index is 3.87. The summed E-state index contributed by atoms with van der Waals surface area (Å²) in [7, 11) is 0. The first-order valence-electron chi connectivity index (χ1n) is 6.76. The molecule has 0 bridgehead atoms. The molecule has 6 nitrogen and oxygen atoms in total. The van der Waals surface area contributed by atoms with Gasteiger partial charge in [0.25, 0.3) is 0 Å². The summed E-state index contributed by atoms with van der Waals surface area (Å²) in [5.74, 6) is -0.367. The maximum atomic E-state index is 11.4. The molecule has 0 aliphatic rings. The largest absolute Gasteiger partial charge is 0.460 e. The predicted molar refractivity (Wildman–Crippen MR) is 75.3 cm³/mol. The van der Waals surface area contributed by atoms with Crippen molar-refractivity contribution in [2.45, 2.75) is 71.7 Å². The van der Waals surface area contributed by atoms with E-state index in [1.54, 1.807) is 41.5 Å². The minimum absolute atomic E-state index is 0.0394. The van der Waals surface area contributed by atoms with Crippen LogP contribution in [0.4, 0.5) is 4.79 Å². The summed E-state index contributed by atoms with van der Waals surface area (Å²) in [5, 5.41) is 12.1. The van der Waals surface area contributed by atoms with E-state index < -0.39 is 23.4 Å².